The monoisotopic (exact) mass is 281 g/mol. The Morgan fingerprint density at radius 2 is 1.95 bits per heavy atom. The Hall–Kier alpha value is -3.02. The molecule has 6 nitrogen and oxygen atoms in total. The summed E-state index contributed by atoms with van der Waals surface area (Å²) in [6.45, 7) is 0. The number of carbonyl (C=O) groups is 2. The first-order chi connectivity index (χ1) is 10.3. The second-order valence-corrected chi connectivity index (χ2v) is 4.38. The summed E-state index contributed by atoms with van der Waals surface area (Å²) in [6, 6.07) is 11.3. The normalized spacial score (nSPS) is 10.5. The van der Waals surface area contributed by atoms with Gasteiger partial charge < -0.3 is 4.42 Å². The van der Waals surface area contributed by atoms with E-state index in [1.54, 1.807) is 6.07 Å². The van der Waals surface area contributed by atoms with Gasteiger partial charge >= 0.3 is 0 Å². The van der Waals surface area contributed by atoms with E-state index in [1.165, 1.54) is 12.6 Å². The third-order valence-corrected chi connectivity index (χ3v) is 3.02. The molecular formula is C15H11N3O3. The molecule has 0 saturated carbocycles. The molecule has 0 amide bonds. The Morgan fingerprint density at radius 1 is 1.14 bits per heavy atom. The van der Waals surface area contributed by atoms with Crippen LogP contribution in [0.2, 0.25) is 0 Å². The summed E-state index contributed by atoms with van der Waals surface area (Å²) >= 11 is 0. The van der Waals surface area contributed by atoms with Crippen molar-refractivity contribution in [3.63, 3.8) is 0 Å². The molecule has 0 atom stereocenters. The fourth-order valence-corrected chi connectivity index (χ4v) is 2.02. The van der Waals surface area contributed by atoms with E-state index in [1.807, 2.05) is 30.3 Å². The van der Waals surface area contributed by atoms with Crippen LogP contribution < -0.4 is 0 Å². The highest BCUT2D eigenvalue weighted by atomic mass is 16.3. The summed E-state index contributed by atoms with van der Waals surface area (Å²) in [5.74, 6) is -1.02. The Balaban J connectivity index is 1.82. The molecule has 0 radical (unpaired) electrons. The van der Waals surface area contributed by atoms with Gasteiger partial charge in [-0.15, -0.1) is 5.10 Å². The number of carbonyl (C=O) groups excluding carboxylic acids is 2. The maximum absolute atomic E-state index is 12.0. The highest BCUT2D eigenvalue weighted by Gasteiger charge is 2.22. The first kappa shape index (κ1) is 13.0. The second-order valence-electron chi connectivity index (χ2n) is 4.38. The molecule has 21 heavy (non-hydrogen) atoms. The molecule has 0 spiro atoms. The lowest BCUT2D eigenvalue weighted by Gasteiger charge is -2.01. The molecule has 0 aliphatic rings. The topological polar surface area (TPSA) is 88.9 Å². The van der Waals surface area contributed by atoms with Gasteiger partial charge in [0.15, 0.2) is 0 Å². The smallest absolute Gasteiger partial charge is 0.268 e. The average molecular weight is 281 g/mol. The van der Waals surface area contributed by atoms with Crippen LogP contribution in [0.1, 0.15) is 16.4 Å². The van der Waals surface area contributed by atoms with Gasteiger partial charge in [0, 0.05) is 5.56 Å². The SMILES string of the molecule is O=C(Cc1occc1-c1ccccc1)C(=O)c1nc[nH]n1. The summed E-state index contributed by atoms with van der Waals surface area (Å²) in [6.07, 6.45) is 2.63. The number of hydrogen-bond donors (Lipinski definition) is 1. The van der Waals surface area contributed by atoms with Gasteiger partial charge in [-0.2, -0.15) is 0 Å². The van der Waals surface area contributed by atoms with E-state index in [9.17, 15) is 9.59 Å². The van der Waals surface area contributed by atoms with Crippen molar-refractivity contribution in [1.29, 1.82) is 0 Å². The van der Waals surface area contributed by atoms with Crippen LogP contribution in [0.3, 0.4) is 0 Å². The first-order valence-electron chi connectivity index (χ1n) is 6.31. The number of aromatic amines is 1. The number of H-pyrrole nitrogens is 1. The van der Waals surface area contributed by atoms with Gasteiger partial charge in [-0.3, -0.25) is 14.7 Å². The fourth-order valence-electron chi connectivity index (χ4n) is 2.02. The largest absolute Gasteiger partial charge is 0.468 e. The molecule has 3 rings (SSSR count). The predicted octanol–water partition coefficient (Wildman–Crippen LogP) is 2.06. The van der Waals surface area contributed by atoms with E-state index in [2.05, 4.69) is 15.2 Å². The van der Waals surface area contributed by atoms with Crippen LogP contribution in [0.5, 0.6) is 0 Å². The molecule has 0 bridgehead atoms. The molecular weight excluding hydrogens is 270 g/mol. The van der Waals surface area contributed by atoms with Crippen LogP contribution >= 0.6 is 0 Å². The number of aromatic nitrogens is 3. The highest BCUT2D eigenvalue weighted by Crippen LogP contribution is 2.25. The van der Waals surface area contributed by atoms with Crippen molar-refractivity contribution >= 4 is 11.6 Å². The number of nitrogens with zero attached hydrogens (tertiary/aromatic N) is 2. The number of ketones is 2. The van der Waals surface area contributed by atoms with Gasteiger partial charge in [-0.05, 0) is 11.6 Å². The molecule has 2 heterocycles. The summed E-state index contributed by atoms with van der Waals surface area (Å²) in [4.78, 5) is 27.5. The number of Topliss-reactive ketones (excluding diaryl/α,β-unsaturated/α-hetero) is 2. The lowest BCUT2D eigenvalue weighted by molar-refractivity contribution is -0.114. The van der Waals surface area contributed by atoms with E-state index in [-0.39, 0.29) is 12.2 Å². The second kappa shape index (κ2) is 5.54. The fraction of sp³-hybridized carbons (Fsp3) is 0.0667. The van der Waals surface area contributed by atoms with Crippen LogP contribution in [0.15, 0.2) is 53.4 Å². The summed E-state index contributed by atoms with van der Waals surface area (Å²) in [7, 11) is 0. The average Bonchev–Trinajstić information content (AvgIpc) is 3.19. The van der Waals surface area contributed by atoms with Crippen molar-refractivity contribution in [2.75, 3.05) is 0 Å². The van der Waals surface area contributed by atoms with Crippen LogP contribution in [0.4, 0.5) is 0 Å². The molecule has 3 aromatic rings. The van der Waals surface area contributed by atoms with Gasteiger partial charge in [0.05, 0.1) is 12.7 Å². The zero-order valence-corrected chi connectivity index (χ0v) is 10.9. The van der Waals surface area contributed by atoms with Gasteiger partial charge in [0.25, 0.3) is 5.78 Å². The molecule has 0 unspecified atom stereocenters. The van der Waals surface area contributed by atoms with Crippen molar-refractivity contribution in [2.24, 2.45) is 0 Å². The zero-order chi connectivity index (χ0) is 14.7. The Bertz CT molecular complexity index is 761. The number of benzene rings is 1. The Morgan fingerprint density at radius 3 is 2.67 bits per heavy atom. The molecule has 0 saturated heterocycles. The maximum Gasteiger partial charge on any atom is 0.268 e. The molecule has 104 valence electrons. The van der Waals surface area contributed by atoms with Crippen molar-refractivity contribution in [3.05, 3.63) is 60.6 Å². The standard InChI is InChI=1S/C15H11N3O3/c19-12(14(20)15-16-9-17-18-15)8-13-11(6-7-21-13)10-4-2-1-3-5-10/h1-7,9H,8H2,(H,16,17,18). The van der Waals surface area contributed by atoms with E-state index < -0.39 is 11.6 Å². The summed E-state index contributed by atoms with van der Waals surface area (Å²) in [5, 5.41) is 6.01. The molecule has 1 aromatic carbocycles. The molecule has 0 fully saturated rings. The molecule has 2 aromatic heterocycles. The minimum Gasteiger partial charge on any atom is -0.468 e. The van der Waals surface area contributed by atoms with Crippen LogP contribution in [0.25, 0.3) is 11.1 Å². The Labute approximate surface area is 119 Å². The van der Waals surface area contributed by atoms with E-state index in [4.69, 9.17) is 4.42 Å². The molecule has 6 heteroatoms. The van der Waals surface area contributed by atoms with Crippen molar-refractivity contribution in [1.82, 2.24) is 15.2 Å². The lowest BCUT2D eigenvalue weighted by Crippen LogP contribution is -2.18. The highest BCUT2D eigenvalue weighted by molar-refractivity contribution is 6.43. The van der Waals surface area contributed by atoms with Gasteiger partial charge in [-0.25, -0.2) is 4.98 Å². The van der Waals surface area contributed by atoms with E-state index in [0.717, 1.165) is 11.1 Å². The molecule has 1 N–H and O–H groups in total. The third kappa shape index (κ3) is 2.64. The lowest BCUT2D eigenvalue weighted by atomic mass is 10.0. The van der Waals surface area contributed by atoms with Crippen molar-refractivity contribution < 1.29 is 14.0 Å². The maximum atomic E-state index is 12.0. The predicted molar refractivity (Wildman–Crippen MR) is 73.6 cm³/mol. The van der Waals surface area contributed by atoms with Crippen LogP contribution in [-0.4, -0.2) is 26.7 Å². The number of nitrogens with one attached hydrogen (secondary N) is 1. The molecule has 0 aliphatic carbocycles. The van der Waals surface area contributed by atoms with Crippen LogP contribution in [0, 0.1) is 0 Å². The van der Waals surface area contributed by atoms with Gasteiger partial charge in [-0.1, -0.05) is 30.3 Å². The van der Waals surface area contributed by atoms with E-state index >= 15 is 0 Å². The van der Waals surface area contributed by atoms with Gasteiger partial charge in [0.2, 0.25) is 11.6 Å². The summed E-state index contributed by atoms with van der Waals surface area (Å²) < 4.78 is 5.34. The van der Waals surface area contributed by atoms with Crippen LogP contribution in [-0.2, 0) is 11.2 Å². The van der Waals surface area contributed by atoms with E-state index in [0.29, 0.717) is 5.76 Å². The van der Waals surface area contributed by atoms with Crippen molar-refractivity contribution in [3.8, 4) is 11.1 Å². The number of rotatable bonds is 5. The summed E-state index contributed by atoms with van der Waals surface area (Å²) in [5.41, 5.74) is 1.73. The zero-order valence-electron chi connectivity index (χ0n) is 10.9. The number of furan rings is 1. The van der Waals surface area contributed by atoms with Gasteiger partial charge in [0.1, 0.15) is 12.1 Å². The molecule has 0 aliphatic heterocycles. The first-order valence-corrected chi connectivity index (χ1v) is 6.31. The minimum absolute atomic E-state index is 0.120. The quantitative estimate of drug-likeness (QED) is 0.571. The van der Waals surface area contributed by atoms with Crippen molar-refractivity contribution in [2.45, 2.75) is 6.42 Å². The Kier molecular flexibility index (Phi) is 3.42. The minimum atomic E-state index is -0.730. The third-order valence-electron chi connectivity index (χ3n) is 3.02. The number of hydrogen-bond acceptors (Lipinski definition) is 5.